The van der Waals surface area contributed by atoms with Crippen molar-refractivity contribution < 1.29 is 4.39 Å². The molecule has 1 heteroatoms. The van der Waals surface area contributed by atoms with E-state index in [1.807, 2.05) is 0 Å². The molecular formula is C10H17F. The van der Waals surface area contributed by atoms with Crippen molar-refractivity contribution >= 4 is 0 Å². The Morgan fingerprint density at radius 1 is 1.09 bits per heavy atom. The van der Waals surface area contributed by atoms with Crippen LogP contribution in [-0.4, -0.2) is 6.17 Å². The molecule has 2 rings (SSSR count). The van der Waals surface area contributed by atoms with Crippen molar-refractivity contribution in [1.82, 2.24) is 0 Å². The quantitative estimate of drug-likeness (QED) is 0.505. The molecule has 2 atom stereocenters. The van der Waals surface area contributed by atoms with Gasteiger partial charge in [-0.1, -0.05) is 13.3 Å². The van der Waals surface area contributed by atoms with Crippen molar-refractivity contribution in [3.05, 3.63) is 0 Å². The molecule has 0 heterocycles. The van der Waals surface area contributed by atoms with Gasteiger partial charge in [0, 0.05) is 0 Å². The van der Waals surface area contributed by atoms with Gasteiger partial charge in [-0.3, -0.25) is 0 Å². The lowest BCUT2D eigenvalue weighted by atomic mass is 9.67. The van der Waals surface area contributed by atoms with Gasteiger partial charge in [-0.25, -0.2) is 4.39 Å². The molecule has 0 amide bonds. The van der Waals surface area contributed by atoms with Crippen LogP contribution in [0, 0.1) is 17.8 Å². The number of halogens is 1. The van der Waals surface area contributed by atoms with E-state index < -0.39 is 6.17 Å². The highest BCUT2D eigenvalue weighted by Gasteiger charge is 2.38. The highest BCUT2D eigenvalue weighted by molar-refractivity contribution is 4.88. The van der Waals surface area contributed by atoms with E-state index in [0.717, 1.165) is 31.6 Å². The Bertz CT molecular complexity index is 130. The van der Waals surface area contributed by atoms with E-state index in [2.05, 4.69) is 6.92 Å². The fourth-order valence-electron chi connectivity index (χ4n) is 2.97. The Balaban J connectivity index is 2.07. The van der Waals surface area contributed by atoms with Crippen molar-refractivity contribution in [3.63, 3.8) is 0 Å². The van der Waals surface area contributed by atoms with Gasteiger partial charge in [0.15, 0.2) is 0 Å². The molecule has 2 aliphatic carbocycles. The standard InChI is InChI=1S/C10H17F/c1-7-5-8-3-2-4-9(6-7)10(8)11/h7-10H,2-6H2,1H3. The van der Waals surface area contributed by atoms with E-state index in [-0.39, 0.29) is 0 Å². The lowest BCUT2D eigenvalue weighted by Crippen LogP contribution is -2.36. The summed E-state index contributed by atoms with van der Waals surface area (Å²) in [5.74, 6) is 1.65. The minimum Gasteiger partial charge on any atom is -0.247 e. The molecule has 2 fully saturated rings. The highest BCUT2D eigenvalue weighted by Crippen LogP contribution is 2.44. The van der Waals surface area contributed by atoms with Crippen LogP contribution in [0.3, 0.4) is 0 Å². The van der Waals surface area contributed by atoms with Gasteiger partial charge in [-0.2, -0.15) is 0 Å². The topological polar surface area (TPSA) is 0 Å². The van der Waals surface area contributed by atoms with Crippen LogP contribution in [0.15, 0.2) is 0 Å². The maximum absolute atomic E-state index is 13.5. The van der Waals surface area contributed by atoms with Crippen molar-refractivity contribution in [2.24, 2.45) is 17.8 Å². The summed E-state index contributed by atoms with van der Waals surface area (Å²) >= 11 is 0. The van der Waals surface area contributed by atoms with Crippen LogP contribution in [0.2, 0.25) is 0 Å². The van der Waals surface area contributed by atoms with Gasteiger partial charge in [0.25, 0.3) is 0 Å². The summed E-state index contributed by atoms with van der Waals surface area (Å²) in [4.78, 5) is 0. The molecule has 0 aliphatic heterocycles. The maximum atomic E-state index is 13.5. The molecule has 0 radical (unpaired) electrons. The van der Waals surface area contributed by atoms with Gasteiger partial charge in [0.05, 0.1) is 0 Å². The number of fused-ring (bicyclic) bond motifs is 2. The summed E-state index contributed by atoms with van der Waals surface area (Å²) < 4.78 is 13.5. The first kappa shape index (κ1) is 7.57. The van der Waals surface area contributed by atoms with Crippen LogP contribution < -0.4 is 0 Å². The molecule has 2 aliphatic rings. The van der Waals surface area contributed by atoms with Gasteiger partial charge < -0.3 is 0 Å². The zero-order valence-electron chi connectivity index (χ0n) is 7.22. The molecule has 2 saturated carbocycles. The van der Waals surface area contributed by atoms with E-state index >= 15 is 0 Å². The van der Waals surface area contributed by atoms with E-state index in [0.29, 0.717) is 11.8 Å². The highest BCUT2D eigenvalue weighted by atomic mass is 19.1. The Kier molecular flexibility index (Phi) is 1.90. The summed E-state index contributed by atoms with van der Waals surface area (Å²) in [5.41, 5.74) is 0. The number of alkyl halides is 1. The molecule has 0 nitrogen and oxygen atoms in total. The molecule has 0 aromatic rings. The average molecular weight is 156 g/mol. The number of hydrogen-bond donors (Lipinski definition) is 0. The lowest BCUT2D eigenvalue weighted by Gasteiger charge is -2.40. The fraction of sp³-hybridized carbons (Fsp3) is 1.00. The zero-order valence-corrected chi connectivity index (χ0v) is 7.22. The Morgan fingerprint density at radius 3 is 2.18 bits per heavy atom. The Morgan fingerprint density at radius 2 is 1.64 bits per heavy atom. The molecule has 2 bridgehead atoms. The minimum atomic E-state index is -0.444. The molecule has 2 unspecified atom stereocenters. The fourth-order valence-corrected chi connectivity index (χ4v) is 2.97. The molecule has 0 N–H and O–H groups in total. The second-order valence-corrected chi connectivity index (χ2v) is 4.47. The predicted octanol–water partition coefficient (Wildman–Crippen LogP) is 3.17. The summed E-state index contributed by atoms with van der Waals surface area (Å²) in [6, 6.07) is 0. The second-order valence-electron chi connectivity index (χ2n) is 4.47. The van der Waals surface area contributed by atoms with Crippen molar-refractivity contribution in [1.29, 1.82) is 0 Å². The largest absolute Gasteiger partial charge is 0.247 e. The zero-order chi connectivity index (χ0) is 7.84. The first-order valence-electron chi connectivity index (χ1n) is 4.91. The average Bonchev–Trinajstić information content (AvgIpc) is 1.92. The van der Waals surface area contributed by atoms with Crippen molar-refractivity contribution in [2.45, 2.75) is 45.2 Å². The minimum absolute atomic E-state index is 0.428. The van der Waals surface area contributed by atoms with E-state index in [1.54, 1.807) is 0 Å². The Hall–Kier alpha value is -0.0700. The van der Waals surface area contributed by atoms with Crippen LogP contribution in [0.25, 0.3) is 0 Å². The maximum Gasteiger partial charge on any atom is 0.106 e. The van der Waals surface area contributed by atoms with Crippen LogP contribution >= 0.6 is 0 Å². The third-order valence-corrected chi connectivity index (χ3v) is 3.46. The van der Waals surface area contributed by atoms with E-state index in [4.69, 9.17) is 0 Å². The Labute approximate surface area is 68.2 Å². The van der Waals surface area contributed by atoms with Gasteiger partial charge in [0.1, 0.15) is 6.17 Å². The van der Waals surface area contributed by atoms with Gasteiger partial charge in [-0.05, 0) is 43.4 Å². The third kappa shape index (κ3) is 1.30. The molecule has 64 valence electrons. The third-order valence-electron chi connectivity index (χ3n) is 3.46. The van der Waals surface area contributed by atoms with Crippen LogP contribution in [0.1, 0.15) is 39.0 Å². The monoisotopic (exact) mass is 156 g/mol. The van der Waals surface area contributed by atoms with Crippen molar-refractivity contribution in [3.8, 4) is 0 Å². The molecule has 0 aromatic heterocycles. The van der Waals surface area contributed by atoms with Crippen LogP contribution in [0.4, 0.5) is 4.39 Å². The molecule has 0 saturated heterocycles. The molecule has 0 aromatic carbocycles. The number of hydrogen-bond acceptors (Lipinski definition) is 0. The first-order chi connectivity index (χ1) is 5.27. The van der Waals surface area contributed by atoms with Crippen LogP contribution in [0.5, 0.6) is 0 Å². The predicted molar refractivity (Wildman–Crippen MR) is 44.1 cm³/mol. The summed E-state index contributed by atoms with van der Waals surface area (Å²) in [5, 5.41) is 0. The lowest BCUT2D eigenvalue weighted by molar-refractivity contribution is 0.0298. The SMILES string of the molecule is CC1CC2CCCC(C1)C2F. The molecule has 11 heavy (non-hydrogen) atoms. The summed E-state index contributed by atoms with van der Waals surface area (Å²) in [7, 11) is 0. The normalized spacial score (nSPS) is 50.7. The van der Waals surface area contributed by atoms with Gasteiger partial charge in [-0.15, -0.1) is 0 Å². The molecular weight excluding hydrogens is 139 g/mol. The van der Waals surface area contributed by atoms with E-state index in [1.165, 1.54) is 6.42 Å². The smallest absolute Gasteiger partial charge is 0.106 e. The van der Waals surface area contributed by atoms with Gasteiger partial charge in [0.2, 0.25) is 0 Å². The number of rotatable bonds is 0. The second kappa shape index (κ2) is 2.76. The molecule has 0 spiro atoms. The first-order valence-corrected chi connectivity index (χ1v) is 4.91. The van der Waals surface area contributed by atoms with E-state index in [9.17, 15) is 4.39 Å². The van der Waals surface area contributed by atoms with Crippen LogP contribution in [-0.2, 0) is 0 Å². The summed E-state index contributed by atoms with van der Waals surface area (Å²) in [6.07, 6.45) is 5.45. The van der Waals surface area contributed by atoms with Gasteiger partial charge >= 0.3 is 0 Å². The van der Waals surface area contributed by atoms with Crippen molar-refractivity contribution in [2.75, 3.05) is 0 Å². The summed E-state index contributed by atoms with van der Waals surface area (Å²) in [6.45, 7) is 2.28.